The number of rotatable bonds is 2. The topological polar surface area (TPSA) is 28.9 Å². The number of aromatic nitrogens is 1. The van der Waals surface area contributed by atoms with Crippen LogP contribution in [0.2, 0.25) is 0 Å². The van der Waals surface area contributed by atoms with Crippen LogP contribution in [0.3, 0.4) is 0 Å². The molecule has 0 fully saturated rings. The number of hydrogen-bond donors (Lipinski definition) is 1. The number of furan rings is 1. The van der Waals surface area contributed by atoms with E-state index in [0.29, 0.717) is 0 Å². The fourth-order valence-corrected chi connectivity index (χ4v) is 4.94. The van der Waals surface area contributed by atoms with Crippen LogP contribution in [0.1, 0.15) is 0 Å². The van der Waals surface area contributed by atoms with Crippen molar-refractivity contribution in [2.45, 2.75) is 0 Å². The minimum Gasteiger partial charge on any atom is -0.455 e. The van der Waals surface area contributed by atoms with Gasteiger partial charge in [-0.2, -0.15) is 0 Å². The van der Waals surface area contributed by atoms with E-state index >= 15 is 0 Å². The molecule has 0 aliphatic rings. The third-order valence-electron chi connectivity index (χ3n) is 6.43. The molecular formula is C30H19NO. The zero-order chi connectivity index (χ0) is 21.1. The quantitative estimate of drug-likeness (QED) is 0.304. The predicted molar refractivity (Wildman–Crippen MR) is 134 cm³/mol. The molecule has 2 heteroatoms. The molecule has 0 saturated carbocycles. The molecule has 0 atom stereocenters. The van der Waals surface area contributed by atoms with Crippen LogP contribution < -0.4 is 0 Å². The largest absolute Gasteiger partial charge is 0.455 e. The van der Waals surface area contributed by atoms with Crippen LogP contribution in [0, 0.1) is 0 Å². The molecule has 2 aromatic heterocycles. The lowest BCUT2D eigenvalue weighted by Crippen LogP contribution is -1.84. The van der Waals surface area contributed by atoms with Crippen molar-refractivity contribution in [1.29, 1.82) is 0 Å². The first-order valence-corrected chi connectivity index (χ1v) is 10.9. The van der Waals surface area contributed by atoms with E-state index in [2.05, 4.69) is 102 Å². The highest BCUT2D eigenvalue weighted by molar-refractivity contribution is 6.12. The normalized spacial score (nSPS) is 11.8. The summed E-state index contributed by atoms with van der Waals surface area (Å²) in [6, 6.07) is 38.4. The van der Waals surface area contributed by atoms with E-state index in [1.54, 1.807) is 0 Å². The molecular weight excluding hydrogens is 390 g/mol. The second kappa shape index (κ2) is 6.60. The molecule has 0 aliphatic carbocycles. The maximum absolute atomic E-state index is 6.29. The van der Waals surface area contributed by atoms with Crippen LogP contribution in [0.15, 0.2) is 114 Å². The molecule has 7 rings (SSSR count). The van der Waals surface area contributed by atoms with Crippen LogP contribution in [-0.2, 0) is 0 Å². The van der Waals surface area contributed by atoms with Crippen molar-refractivity contribution >= 4 is 43.7 Å². The molecule has 1 N–H and O–H groups in total. The van der Waals surface area contributed by atoms with E-state index in [0.717, 1.165) is 38.6 Å². The monoisotopic (exact) mass is 409 g/mol. The van der Waals surface area contributed by atoms with Gasteiger partial charge in [0.1, 0.15) is 11.2 Å². The van der Waals surface area contributed by atoms with E-state index < -0.39 is 0 Å². The minimum absolute atomic E-state index is 0.925. The van der Waals surface area contributed by atoms with Gasteiger partial charge in [-0.25, -0.2) is 0 Å². The lowest BCUT2D eigenvalue weighted by Gasteiger charge is -2.08. The van der Waals surface area contributed by atoms with Gasteiger partial charge in [0, 0.05) is 38.2 Å². The van der Waals surface area contributed by atoms with Gasteiger partial charge in [0.05, 0.1) is 5.52 Å². The Balaban J connectivity index is 1.45. The summed E-state index contributed by atoms with van der Waals surface area (Å²) in [6.07, 6.45) is 0. The van der Waals surface area contributed by atoms with E-state index in [-0.39, 0.29) is 0 Å². The van der Waals surface area contributed by atoms with Gasteiger partial charge in [0.15, 0.2) is 0 Å². The molecule has 0 unspecified atom stereocenters. The maximum Gasteiger partial charge on any atom is 0.143 e. The van der Waals surface area contributed by atoms with Crippen LogP contribution >= 0.6 is 0 Å². The molecule has 150 valence electrons. The molecule has 0 spiro atoms. The number of hydrogen-bond acceptors (Lipinski definition) is 1. The standard InChI is InChI=1S/C30H19NO/c1-3-16-27-23(10-1)25-14-6-12-21(29(25)31-27)19-8-5-9-20(18-19)22-13-7-15-26-24-11-2-4-17-28(24)32-30(22)26/h1-18,31H. The Hall–Kier alpha value is -4.30. The van der Waals surface area contributed by atoms with E-state index in [9.17, 15) is 0 Å². The third-order valence-corrected chi connectivity index (χ3v) is 6.43. The maximum atomic E-state index is 6.29. The summed E-state index contributed by atoms with van der Waals surface area (Å²) in [5.41, 5.74) is 8.87. The highest BCUT2D eigenvalue weighted by Gasteiger charge is 2.14. The average Bonchev–Trinajstić information content (AvgIpc) is 3.42. The fourth-order valence-electron chi connectivity index (χ4n) is 4.94. The van der Waals surface area contributed by atoms with Crippen molar-refractivity contribution in [1.82, 2.24) is 4.98 Å². The summed E-state index contributed by atoms with van der Waals surface area (Å²) in [6.45, 7) is 0. The van der Waals surface area contributed by atoms with Crippen molar-refractivity contribution in [3.05, 3.63) is 109 Å². The summed E-state index contributed by atoms with van der Waals surface area (Å²) >= 11 is 0. The molecule has 0 aliphatic heterocycles. The highest BCUT2D eigenvalue weighted by atomic mass is 16.3. The third kappa shape index (κ3) is 2.47. The van der Waals surface area contributed by atoms with E-state index in [1.165, 1.54) is 27.4 Å². The Bertz CT molecular complexity index is 1650. The van der Waals surface area contributed by atoms with Gasteiger partial charge in [0.2, 0.25) is 0 Å². The van der Waals surface area contributed by atoms with Crippen LogP contribution in [0.5, 0.6) is 0 Å². The summed E-state index contributed by atoms with van der Waals surface area (Å²) < 4.78 is 6.29. The predicted octanol–water partition coefficient (Wildman–Crippen LogP) is 8.55. The average molecular weight is 409 g/mol. The van der Waals surface area contributed by atoms with Gasteiger partial charge >= 0.3 is 0 Å². The van der Waals surface area contributed by atoms with Crippen LogP contribution in [0.25, 0.3) is 66.0 Å². The molecule has 0 radical (unpaired) electrons. The van der Waals surface area contributed by atoms with Crippen molar-refractivity contribution in [2.24, 2.45) is 0 Å². The number of benzene rings is 5. The van der Waals surface area contributed by atoms with Gasteiger partial charge in [-0.1, -0.05) is 91.0 Å². The van der Waals surface area contributed by atoms with Gasteiger partial charge in [-0.05, 0) is 29.3 Å². The Kier molecular flexibility index (Phi) is 3.58. The second-order valence-electron chi connectivity index (χ2n) is 8.26. The molecule has 32 heavy (non-hydrogen) atoms. The van der Waals surface area contributed by atoms with E-state index in [4.69, 9.17) is 4.42 Å². The van der Waals surface area contributed by atoms with Crippen molar-refractivity contribution in [2.75, 3.05) is 0 Å². The first kappa shape index (κ1) is 17.4. The van der Waals surface area contributed by atoms with Gasteiger partial charge in [-0.3, -0.25) is 0 Å². The highest BCUT2D eigenvalue weighted by Crippen LogP contribution is 2.38. The molecule has 0 saturated heterocycles. The summed E-state index contributed by atoms with van der Waals surface area (Å²) in [4.78, 5) is 3.63. The number of H-pyrrole nitrogens is 1. The number of aromatic amines is 1. The van der Waals surface area contributed by atoms with Crippen molar-refractivity contribution in [3.63, 3.8) is 0 Å². The van der Waals surface area contributed by atoms with Crippen molar-refractivity contribution in [3.8, 4) is 22.3 Å². The Labute approximate surface area is 184 Å². The van der Waals surface area contributed by atoms with Gasteiger partial charge < -0.3 is 9.40 Å². The Morgan fingerprint density at radius 2 is 1.16 bits per heavy atom. The lowest BCUT2D eigenvalue weighted by molar-refractivity contribution is 0.670. The molecule has 2 heterocycles. The smallest absolute Gasteiger partial charge is 0.143 e. The van der Waals surface area contributed by atoms with Crippen LogP contribution in [-0.4, -0.2) is 4.98 Å². The molecule has 7 aromatic rings. The Morgan fingerprint density at radius 3 is 2.06 bits per heavy atom. The summed E-state index contributed by atoms with van der Waals surface area (Å²) in [5, 5.41) is 4.82. The zero-order valence-corrected chi connectivity index (χ0v) is 17.3. The minimum atomic E-state index is 0.925. The molecule has 0 amide bonds. The molecule has 2 nitrogen and oxygen atoms in total. The summed E-state index contributed by atoms with van der Waals surface area (Å²) in [5.74, 6) is 0. The molecule has 0 bridgehead atoms. The first-order chi connectivity index (χ1) is 15.9. The molecule has 5 aromatic carbocycles. The Morgan fingerprint density at radius 1 is 0.500 bits per heavy atom. The van der Waals surface area contributed by atoms with Gasteiger partial charge in [0.25, 0.3) is 0 Å². The second-order valence-corrected chi connectivity index (χ2v) is 8.26. The number of para-hydroxylation sites is 4. The lowest BCUT2D eigenvalue weighted by atomic mass is 9.96. The van der Waals surface area contributed by atoms with Gasteiger partial charge in [-0.15, -0.1) is 0 Å². The number of nitrogens with one attached hydrogen (secondary N) is 1. The zero-order valence-electron chi connectivity index (χ0n) is 17.3. The SMILES string of the molecule is c1cc(-c2cccc3c2[nH]c2ccccc23)cc(-c2cccc3c2oc2ccccc23)c1. The van der Waals surface area contributed by atoms with E-state index in [1.807, 2.05) is 12.1 Å². The summed E-state index contributed by atoms with van der Waals surface area (Å²) in [7, 11) is 0. The fraction of sp³-hybridized carbons (Fsp3) is 0. The van der Waals surface area contributed by atoms with Crippen LogP contribution in [0.4, 0.5) is 0 Å². The van der Waals surface area contributed by atoms with Crippen molar-refractivity contribution < 1.29 is 4.42 Å². The first-order valence-electron chi connectivity index (χ1n) is 10.9. The number of fused-ring (bicyclic) bond motifs is 6.